The van der Waals surface area contributed by atoms with Crippen molar-refractivity contribution in [3.63, 3.8) is 0 Å². The first kappa shape index (κ1) is 28.6. The highest BCUT2D eigenvalue weighted by Gasteiger charge is 2.64. The van der Waals surface area contributed by atoms with Crippen molar-refractivity contribution in [3.05, 3.63) is 39.7 Å². The molecule has 1 fully saturated rings. The van der Waals surface area contributed by atoms with E-state index >= 15 is 0 Å². The SMILES string of the molecule is CCCCNCc1cc(N(C)C)c2c(c1O)C(O)=C1C(=O)[C@]3(O)C(O)=C(C(N)=O)C(=O)[C@@H](C(C)C)[C@@H]3C[C@@H]1C2. The van der Waals surface area contributed by atoms with Crippen molar-refractivity contribution < 1.29 is 34.8 Å². The summed E-state index contributed by atoms with van der Waals surface area (Å²) in [6.45, 7) is 6.65. The van der Waals surface area contributed by atoms with Gasteiger partial charge in [0.2, 0.25) is 5.78 Å². The number of nitrogens with zero attached hydrogens (tertiary/aromatic N) is 1. The number of nitrogens with two attached hydrogens (primary N) is 1. The fourth-order valence-corrected chi connectivity index (χ4v) is 6.65. The molecule has 0 radical (unpaired) electrons. The Balaban J connectivity index is 1.92. The van der Waals surface area contributed by atoms with E-state index < -0.39 is 57.9 Å². The molecule has 7 N–H and O–H groups in total. The number of phenolic OH excluding ortho intramolecular Hbond substituents is 1. The molecule has 1 aromatic rings. The number of primary amides is 1. The van der Waals surface area contributed by atoms with Crippen LogP contribution in [0.2, 0.25) is 0 Å². The molecule has 212 valence electrons. The summed E-state index contributed by atoms with van der Waals surface area (Å²) in [5.41, 5.74) is 3.95. The Kier molecular flexibility index (Phi) is 7.57. The van der Waals surface area contributed by atoms with Crippen LogP contribution >= 0.6 is 0 Å². The van der Waals surface area contributed by atoms with Crippen LogP contribution in [-0.4, -0.2) is 64.1 Å². The Morgan fingerprint density at radius 3 is 2.46 bits per heavy atom. The first-order valence-corrected chi connectivity index (χ1v) is 13.5. The highest BCUT2D eigenvalue weighted by molar-refractivity contribution is 6.23. The molecular weight excluding hydrogens is 502 g/mol. The largest absolute Gasteiger partial charge is 0.508 e. The molecule has 10 nitrogen and oxygen atoms in total. The van der Waals surface area contributed by atoms with Crippen molar-refractivity contribution in [1.82, 2.24) is 5.32 Å². The Morgan fingerprint density at radius 2 is 1.90 bits per heavy atom. The Labute approximate surface area is 228 Å². The van der Waals surface area contributed by atoms with Gasteiger partial charge in [0.15, 0.2) is 11.4 Å². The molecule has 0 aromatic heterocycles. The van der Waals surface area contributed by atoms with Crippen molar-refractivity contribution in [2.24, 2.45) is 29.4 Å². The van der Waals surface area contributed by atoms with E-state index in [0.29, 0.717) is 17.7 Å². The van der Waals surface area contributed by atoms with Crippen LogP contribution in [0.5, 0.6) is 5.75 Å². The van der Waals surface area contributed by atoms with Crippen LogP contribution in [0.4, 0.5) is 5.69 Å². The number of aliphatic hydroxyl groups is 3. The Bertz CT molecular complexity index is 1300. The molecule has 3 aliphatic rings. The van der Waals surface area contributed by atoms with Crippen molar-refractivity contribution in [2.75, 3.05) is 25.5 Å². The van der Waals surface area contributed by atoms with Gasteiger partial charge < -0.3 is 36.4 Å². The normalized spacial score (nSPS) is 26.5. The molecule has 4 rings (SSSR count). The van der Waals surface area contributed by atoms with Crippen LogP contribution in [0.15, 0.2) is 23.0 Å². The number of rotatable bonds is 8. The quantitative estimate of drug-likeness (QED) is 0.213. The average molecular weight is 542 g/mol. The first-order valence-electron chi connectivity index (χ1n) is 13.5. The van der Waals surface area contributed by atoms with Gasteiger partial charge in [-0.05, 0) is 49.3 Å². The minimum Gasteiger partial charge on any atom is -0.508 e. The highest BCUT2D eigenvalue weighted by Crippen LogP contribution is 2.55. The summed E-state index contributed by atoms with van der Waals surface area (Å²) >= 11 is 0. The van der Waals surface area contributed by atoms with Gasteiger partial charge in [0.05, 0.1) is 5.56 Å². The minimum absolute atomic E-state index is 0.0969. The molecule has 4 atom stereocenters. The van der Waals surface area contributed by atoms with Crippen LogP contribution in [0, 0.1) is 23.7 Å². The smallest absolute Gasteiger partial charge is 0.255 e. The van der Waals surface area contributed by atoms with E-state index in [4.69, 9.17) is 5.73 Å². The molecular formula is C29H39N3O7. The number of anilines is 1. The van der Waals surface area contributed by atoms with Crippen molar-refractivity contribution in [1.29, 1.82) is 0 Å². The van der Waals surface area contributed by atoms with Gasteiger partial charge in [0.1, 0.15) is 22.8 Å². The zero-order valence-corrected chi connectivity index (χ0v) is 23.2. The summed E-state index contributed by atoms with van der Waals surface area (Å²) in [5.74, 6) is -7.54. The van der Waals surface area contributed by atoms with Gasteiger partial charge in [-0.1, -0.05) is 27.2 Å². The van der Waals surface area contributed by atoms with E-state index in [1.54, 1.807) is 13.8 Å². The zero-order valence-electron chi connectivity index (χ0n) is 23.2. The number of fused-ring (bicyclic) bond motifs is 3. The molecule has 1 amide bonds. The van der Waals surface area contributed by atoms with Gasteiger partial charge in [-0.2, -0.15) is 0 Å². The molecule has 3 aliphatic carbocycles. The van der Waals surface area contributed by atoms with Crippen molar-refractivity contribution in [3.8, 4) is 5.75 Å². The van der Waals surface area contributed by atoms with E-state index in [2.05, 4.69) is 12.2 Å². The maximum Gasteiger partial charge on any atom is 0.255 e. The standard InChI is InChI=1S/C29H39N3O7/c1-6-7-8-31-12-15-11-18(32(4)5)16-9-14-10-17-19(13(2)3)24(34)22(28(30)38)27(37)29(17,39)26(36)20(14)25(35)21(16)23(15)33/h11,13-14,17,19,31,33,35,37,39H,6-10,12H2,1-5H3,(H2,30,38)/t14-,17-,19-,29-/m0/s1. The predicted octanol–water partition coefficient (Wildman–Crippen LogP) is 2.26. The maximum atomic E-state index is 14.0. The van der Waals surface area contributed by atoms with Gasteiger partial charge in [0.25, 0.3) is 5.91 Å². The number of unbranched alkanes of at least 4 members (excludes halogenated alkanes) is 1. The third-order valence-corrected chi connectivity index (χ3v) is 8.53. The lowest BCUT2D eigenvalue weighted by Crippen LogP contribution is -2.62. The van der Waals surface area contributed by atoms with E-state index in [-0.39, 0.29) is 35.6 Å². The second kappa shape index (κ2) is 10.3. The summed E-state index contributed by atoms with van der Waals surface area (Å²) in [6, 6.07) is 1.86. The molecule has 1 saturated carbocycles. The number of Topliss-reactive ketones (excluding diaryl/α,β-unsaturated/α-hetero) is 2. The third kappa shape index (κ3) is 4.30. The fraction of sp³-hybridized carbons (Fsp3) is 0.552. The van der Waals surface area contributed by atoms with Gasteiger partial charge >= 0.3 is 0 Å². The summed E-state index contributed by atoms with van der Waals surface area (Å²) in [7, 11) is 3.70. The number of carbonyl (C=O) groups excluding carboxylic acids is 3. The summed E-state index contributed by atoms with van der Waals surface area (Å²) in [5, 5.41) is 48.8. The fourth-order valence-electron chi connectivity index (χ4n) is 6.65. The Morgan fingerprint density at radius 1 is 1.23 bits per heavy atom. The lowest BCUT2D eigenvalue weighted by atomic mass is 9.54. The molecule has 0 bridgehead atoms. The monoisotopic (exact) mass is 541 g/mol. The lowest BCUT2D eigenvalue weighted by molar-refractivity contribution is -0.155. The second-order valence-corrected chi connectivity index (χ2v) is 11.5. The average Bonchev–Trinajstić information content (AvgIpc) is 2.84. The number of benzene rings is 1. The molecule has 0 saturated heterocycles. The number of phenols is 1. The van der Waals surface area contributed by atoms with Crippen LogP contribution in [0.1, 0.15) is 56.7 Å². The van der Waals surface area contributed by atoms with E-state index in [9.17, 15) is 34.8 Å². The zero-order chi connectivity index (χ0) is 29.0. The van der Waals surface area contributed by atoms with Gasteiger partial charge in [-0.25, -0.2) is 0 Å². The number of hydrogen-bond acceptors (Lipinski definition) is 9. The van der Waals surface area contributed by atoms with E-state index in [1.807, 2.05) is 25.1 Å². The van der Waals surface area contributed by atoms with Crippen LogP contribution in [-0.2, 0) is 27.3 Å². The van der Waals surface area contributed by atoms with E-state index in [0.717, 1.165) is 25.1 Å². The lowest BCUT2D eigenvalue weighted by Gasteiger charge is -2.50. The molecule has 0 aliphatic heterocycles. The van der Waals surface area contributed by atoms with Crippen molar-refractivity contribution >= 4 is 28.9 Å². The number of nitrogens with one attached hydrogen (secondary N) is 1. The predicted molar refractivity (Wildman–Crippen MR) is 146 cm³/mol. The molecule has 10 heteroatoms. The second-order valence-electron chi connectivity index (χ2n) is 11.5. The molecule has 1 aromatic carbocycles. The van der Waals surface area contributed by atoms with E-state index in [1.165, 1.54) is 0 Å². The van der Waals surface area contributed by atoms with Crippen LogP contribution < -0.4 is 16.0 Å². The summed E-state index contributed by atoms with van der Waals surface area (Å²) < 4.78 is 0. The third-order valence-electron chi connectivity index (χ3n) is 8.53. The number of amides is 1. The molecule has 39 heavy (non-hydrogen) atoms. The highest BCUT2D eigenvalue weighted by atomic mass is 16.3. The Hall–Kier alpha value is -3.37. The van der Waals surface area contributed by atoms with Gasteiger partial charge in [0, 0.05) is 49.3 Å². The topological polar surface area (TPSA) is 173 Å². The molecule has 0 unspecified atom stereocenters. The number of carbonyl (C=O) groups is 3. The summed E-state index contributed by atoms with van der Waals surface area (Å²) in [4.78, 5) is 41.3. The first-order chi connectivity index (χ1) is 18.3. The summed E-state index contributed by atoms with van der Waals surface area (Å²) in [6.07, 6.45) is 2.33. The van der Waals surface area contributed by atoms with Crippen LogP contribution in [0.25, 0.3) is 5.76 Å². The number of aliphatic hydroxyl groups excluding tert-OH is 2. The maximum absolute atomic E-state index is 14.0. The number of hydrogen-bond donors (Lipinski definition) is 6. The molecule has 0 heterocycles. The number of aromatic hydroxyl groups is 1. The minimum atomic E-state index is -2.61. The van der Waals surface area contributed by atoms with Crippen molar-refractivity contribution in [2.45, 2.75) is 58.6 Å². The molecule has 0 spiro atoms. The van der Waals surface area contributed by atoms with Crippen LogP contribution in [0.3, 0.4) is 0 Å². The van der Waals surface area contributed by atoms with Gasteiger partial charge in [-0.15, -0.1) is 0 Å². The van der Waals surface area contributed by atoms with Gasteiger partial charge in [-0.3, -0.25) is 14.4 Å². The number of ketones is 2.